The molecule has 21 heavy (non-hydrogen) atoms. The van der Waals surface area contributed by atoms with Gasteiger partial charge in [0.2, 0.25) is 5.91 Å². The lowest BCUT2D eigenvalue weighted by Gasteiger charge is -2.20. The molecule has 116 valence electrons. The van der Waals surface area contributed by atoms with Crippen LogP contribution in [0.5, 0.6) is 5.75 Å². The normalized spacial score (nSPS) is 13.5. The van der Waals surface area contributed by atoms with Gasteiger partial charge in [-0.2, -0.15) is 0 Å². The highest BCUT2D eigenvalue weighted by atomic mass is 16.6. The Kier molecular flexibility index (Phi) is 5.66. The van der Waals surface area contributed by atoms with Gasteiger partial charge in [0.15, 0.2) is 0 Å². The Hall–Kier alpha value is -2.15. The second-order valence-electron chi connectivity index (χ2n) is 5.29. The first-order chi connectivity index (χ1) is 9.74. The smallest absolute Gasteiger partial charge is 0.273 e. The molecular formula is C14H21N3O4. The van der Waals surface area contributed by atoms with Crippen LogP contribution in [0.3, 0.4) is 0 Å². The van der Waals surface area contributed by atoms with Crippen LogP contribution in [0.25, 0.3) is 0 Å². The summed E-state index contributed by atoms with van der Waals surface area (Å²) in [6.07, 6.45) is 1.84. The minimum atomic E-state index is -1.01. The summed E-state index contributed by atoms with van der Waals surface area (Å²) in [5, 5.41) is 10.7. The molecule has 0 radical (unpaired) electrons. The number of nitrogens with zero attached hydrogens (tertiary/aromatic N) is 1. The van der Waals surface area contributed by atoms with Crippen molar-refractivity contribution in [1.82, 2.24) is 0 Å². The molecule has 0 aliphatic heterocycles. The van der Waals surface area contributed by atoms with Gasteiger partial charge in [-0.1, -0.05) is 0 Å². The Morgan fingerprint density at radius 2 is 2.10 bits per heavy atom. The molecule has 1 rings (SSSR count). The van der Waals surface area contributed by atoms with Crippen molar-refractivity contribution in [2.45, 2.75) is 38.6 Å². The zero-order valence-electron chi connectivity index (χ0n) is 12.3. The molecule has 0 bridgehead atoms. The summed E-state index contributed by atoms with van der Waals surface area (Å²) in [5.74, 6) is -0.0347. The Balaban J connectivity index is 2.45. The molecule has 1 unspecified atom stereocenters. The number of ether oxygens (including phenoxy) is 1. The van der Waals surface area contributed by atoms with Gasteiger partial charge in [-0.05, 0) is 44.7 Å². The Bertz CT molecular complexity index is 529. The second-order valence-corrected chi connectivity index (χ2v) is 5.29. The molecular weight excluding hydrogens is 274 g/mol. The molecule has 1 atom stereocenters. The quantitative estimate of drug-likeness (QED) is 0.429. The molecule has 4 N–H and O–H groups in total. The number of aryl methyl sites for hydroxylation is 1. The van der Waals surface area contributed by atoms with E-state index in [9.17, 15) is 14.9 Å². The summed E-state index contributed by atoms with van der Waals surface area (Å²) < 4.78 is 5.54. The van der Waals surface area contributed by atoms with Gasteiger partial charge in [0.25, 0.3) is 5.69 Å². The highest BCUT2D eigenvalue weighted by molar-refractivity contribution is 5.83. The van der Waals surface area contributed by atoms with E-state index in [1.807, 2.05) is 6.92 Å². The predicted octanol–water partition coefficient (Wildman–Crippen LogP) is 1.66. The molecule has 0 saturated carbocycles. The summed E-state index contributed by atoms with van der Waals surface area (Å²) in [6.45, 7) is 3.82. The number of benzene rings is 1. The van der Waals surface area contributed by atoms with Crippen LogP contribution in [0.4, 0.5) is 5.69 Å². The number of nitro benzene ring substituents is 1. The first-order valence-corrected chi connectivity index (χ1v) is 6.70. The van der Waals surface area contributed by atoms with E-state index in [4.69, 9.17) is 16.2 Å². The standard InChI is InChI=1S/C14H21N3O4/c1-10-5-6-11(17(19)20)9-12(10)21-8-4-3-7-14(2,16)13(15)18/h5-6,9H,3-4,7-8,16H2,1-2H3,(H2,15,18). The van der Waals surface area contributed by atoms with Crippen LogP contribution in [-0.4, -0.2) is 23.0 Å². The van der Waals surface area contributed by atoms with Gasteiger partial charge in [0, 0.05) is 6.07 Å². The van der Waals surface area contributed by atoms with Crippen molar-refractivity contribution < 1.29 is 14.5 Å². The Morgan fingerprint density at radius 1 is 1.43 bits per heavy atom. The van der Waals surface area contributed by atoms with Crippen LogP contribution in [0.15, 0.2) is 18.2 Å². The van der Waals surface area contributed by atoms with Gasteiger partial charge >= 0.3 is 0 Å². The van der Waals surface area contributed by atoms with Crippen molar-refractivity contribution in [3.63, 3.8) is 0 Å². The maximum absolute atomic E-state index is 11.1. The Morgan fingerprint density at radius 3 is 2.67 bits per heavy atom. The third-order valence-electron chi connectivity index (χ3n) is 3.29. The summed E-state index contributed by atoms with van der Waals surface area (Å²) in [7, 11) is 0. The van der Waals surface area contributed by atoms with Gasteiger partial charge < -0.3 is 16.2 Å². The third-order valence-corrected chi connectivity index (χ3v) is 3.29. The number of rotatable bonds is 8. The number of primary amides is 1. The number of nitrogens with two attached hydrogens (primary N) is 2. The fourth-order valence-electron chi connectivity index (χ4n) is 1.76. The lowest BCUT2D eigenvalue weighted by Crippen LogP contribution is -2.49. The van der Waals surface area contributed by atoms with E-state index in [-0.39, 0.29) is 5.69 Å². The van der Waals surface area contributed by atoms with E-state index < -0.39 is 16.4 Å². The molecule has 7 nitrogen and oxygen atoms in total. The maximum atomic E-state index is 11.1. The fraction of sp³-hybridized carbons (Fsp3) is 0.500. The van der Waals surface area contributed by atoms with E-state index in [2.05, 4.69) is 0 Å². The summed E-state index contributed by atoms with van der Waals surface area (Å²) in [5.41, 5.74) is 10.7. The van der Waals surface area contributed by atoms with Gasteiger partial charge in [-0.25, -0.2) is 0 Å². The summed E-state index contributed by atoms with van der Waals surface area (Å²) in [4.78, 5) is 21.3. The molecule has 0 fully saturated rings. The topological polar surface area (TPSA) is 121 Å². The zero-order valence-corrected chi connectivity index (χ0v) is 12.3. The molecule has 0 saturated heterocycles. The van der Waals surface area contributed by atoms with Crippen LogP contribution in [0, 0.1) is 17.0 Å². The predicted molar refractivity (Wildman–Crippen MR) is 79.0 cm³/mol. The number of carbonyl (C=O) groups excluding carboxylic acids is 1. The average Bonchev–Trinajstić information content (AvgIpc) is 2.39. The first kappa shape index (κ1) is 16.9. The molecule has 0 heterocycles. The van der Waals surface area contributed by atoms with Crippen molar-refractivity contribution in [3.8, 4) is 5.75 Å². The van der Waals surface area contributed by atoms with Gasteiger partial charge in [-0.3, -0.25) is 14.9 Å². The molecule has 7 heteroatoms. The van der Waals surface area contributed by atoms with E-state index in [0.717, 1.165) is 5.56 Å². The number of non-ortho nitro benzene ring substituents is 1. The highest BCUT2D eigenvalue weighted by Gasteiger charge is 2.24. The number of carbonyl (C=O) groups is 1. The average molecular weight is 295 g/mol. The fourth-order valence-corrected chi connectivity index (χ4v) is 1.76. The monoisotopic (exact) mass is 295 g/mol. The van der Waals surface area contributed by atoms with Gasteiger partial charge in [-0.15, -0.1) is 0 Å². The Labute approximate surface area is 123 Å². The molecule has 0 aliphatic rings. The molecule has 1 aromatic carbocycles. The maximum Gasteiger partial charge on any atom is 0.273 e. The van der Waals surface area contributed by atoms with Gasteiger partial charge in [0.1, 0.15) is 5.75 Å². The van der Waals surface area contributed by atoms with E-state index in [0.29, 0.717) is 31.6 Å². The van der Waals surface area contributed by atoms with Crippen LogP contribution < -0.4 is 16.2 Å². The largest absolute Gasteiger partial charge is 0.493 e. The lowest BCUT2D eigenvalue weighted by molar-refractivity contribution is -0.384. The molecule has 1 aromatic rings. The number of hydrogen-bond acceptors (Lipinski definition) is 5. The molecule has 0 aliphatic carbocycles. The minimum Gasteiger partial charge on any atom is -0.493 e. The van der Waals surface area contributed by atoms with E-state index >= 15 is 0 Å². The van der Waals surface area contributed by atoms with Crippen molar-refractivity contribution in [2.24, 2.45) is 11.5 Å². The van der Waals surface area contributed by atoms with E-state index in [1.54, 1.807) is 13.0 Å². The summed E-state index contributed by atoms with van der Waals surface area (Å²) in [6, 6.07) is 4.50. The SMILES string of the molecule is Cc1ccc([N+](=O)[O-])cc1OCCCCC(C)(N)C(N)=O. The van der Waals surface area contributed by atoms with Crippen molar-refractivity contribution in [2.75, 3.05) is 6.61 Å². The zero-order chi connectivity index (χ0) is 16.0. The second kappa shape index (κ2) is 7.03. The van der Waals surface area contributed by atoms with Crippen molar-refractivity contribution in [1.29, 1.82) is 0 Å². The van der Waals surface area contributed by atoms with E-state index in [1.165, 1.54) is 12.1 Å². The number of hydrogen-bond donors (Lipinski definition) is 2. The van der Waals surface area contributed by atoms with Crippen LogP contribution >= 0.6 is 0 Å². The minimum absolute atomic E-state index is 0.00105. The molecule has 1 amide bonds. The van der Waals surface area contributed by atoms with Gasteiger partial charge in [0.05, 0.1) is 23.1 Å². The lowest BCUT2D eigenvalue weighted by atomic mass is 9.96. The van der Waals surface area contributed by atoms with Crippen LogP contribution in [0.1, 0.15) is 31.7 Å². The van der Waals surface area contributed by atoms with Crippen molar-refractivity contribution >= 4 is 11.6 Å². The van der Waals surface area contributed by atoms with Crippen molar-refractivity contribution in [3.05, 3.63) is 33.9 Å². The highest BCUT2D eigenvalue weighted by Crippen LogP contribution is 2.24. The molecule has 0 aromatic heterocycles. The number of amides is 1. The summed E-state index contributed by atoms with van der Waals surface area (Å²) >= 11 is 0. The van der Waals surface area contributed by atoms with Crippen LogP contribution in [0.2, 0.25) is 0 Å². The number of nitro groups is 1. The third kappa shape index (κ3) is 5.03. The number of unbranched alkanes of at least 4 members (excludes halogenated alkanes) is 1. The van der Waals surface area contributed by atoms with Crippen LogP contribution in [-0.2, 0) is 4.79 Å². The first-order valence-electron chi connectivity index (χ1n) is 6.70. The molecule has 0 spiro atoms.